The van der Waals surface area contributed by atoms with Gasteiger partial charge in [0.05, 0.1) is 33.5 Å². The van der Waals surface area contributed by atoms with Crippen LogP contribution >= 0.6 is 11.3 Å². The van der Waals surface area contributed by atoms with Gasteiger partial charge in [-0.2, -0.15) is 0 Å². The number of para-hydroxylation sites is 1. The molecule has 5 aromatic rings. The Balaban J connectivity index is 1.13. The second-order valence-corrected chi connectivity index (χ2v) is 9.85. The van der Waals surface area contributed by atoms with E-state index in [-0.39, 0.29) is 18.4 Å². The quantitative estimate of drug-likeness (QED) is 0.302. The highest BCUT2D eigenvalue weighted by Gasteiger charge is 2.33. The van der Waals surface area contributed by atoms with Gasteiger partial charge in [0.2, 0.25) is 5.91 Å². The van der Waals surface area contributed by atoms with Gasteiger partial charge < -0.3 is 9.30 Å². The highest BCUT2D eigenvalue weighted by atomic mass is 32.1. The molecule has 3 aromatic heterocycles. The first-order valence-corrected chi connectivity index (χ1v) is 12.7. The first-order chi connectivity index (χ1) is 18.0. The van der Waals surface area contributed by atoms with Crippen LogP contribution in [0.5, 0.6) is 11.5 Å². The first-order valence-electron chi connectivity index (χ1n) is 11.9. The maximum Gasteiger partial charge on any atom is 0.331 e. The third kappa shape index (κ3) is 4.56. The second kappa shape index (κ2) is 9.51. The summed E-state index contributed by atoms with van der Waals surface area (Å²) in [5.41, 5.74) is 3.36. The minimum absolute atomic E-state index is 0.145. The van der Waals surface area contributed by atoms with Crippen LogP contribution in [0.1, 0.15) is 5.56 Å². The third-order valence-electron chi connectivity index (χ3n) is 6.22. The third-order valence-corrected chi connectivity index (χ3v) is 7.38. The summed E-state index contributed by atoms with van der Waals surface area (Å²) in [5, 5.41) is 0. The van der Waals surface area contributed by atoms with E-state index in [1.54, 1.807) is 28.8 Å². The van der Waals surface area contributed by atoms with Crippen molar-refractivity contribution < 1.29 is 14.3 Å². The van der Waals surface area contributed by atoms with E-state index in [0.29, 0.717) is 24.6 Å². The molecule has 0 atom stereocenters. The zero-order chi connectivity index (χ0) is 25.4. The normalized spacial score (nSPS) is 13.5. The second-order valence-electron chi connectivity index (χ2n) is 8.80. The van der Waals surface area contributed by atoms with E-state index in [9.17, 15) is 9.59 Å². The Morgan fingerprint density at radius 1 is 1.03 bits per heavy atom. The van der Waals surface area contributed by atoms with Crippen molar-refractivity contribution >= 4 is 39.2 Å². The lowest BCUT2D eigenvalue weighted by Crippen LogP contribution is -2.37. The molecule has 0 bridgehead atoms. The Labute approximate surface area is 217 Å². The van der Waals surface area contributed by atoms with Gasteiger partial charge in [0.25, 0.3) is 0 Å². The number of thiophene rings is 1. The molecule has 3 amide bonds. The first kappa shape index (κ1) is 22.9. The van der Waals surface area contributed by atoms with Gasteiger partial charge in [0.15, 0.2) is 0 Å². The molecular formula is C28H23N5O3S. The fourth-order valence-corrected chi connectivity index (χ4v) is 5.38. The minimum atomic E-state index is -0.279. The number of aryl methyl sites for hydroxylation is 1. The molecule has 0 radical (unpaired) electrons. The number of hydrogen-bond donors (Lipinski definition) is 0. The number of amides is 3. The van der Waals surface area contributed by atoms with Crippen LogP contribution in [0.3, 0.4) is 0 Å². The van der Waals surface area contributed by atoms with E-state index >= 15 is 0 Å². The largest absolute Gasteiger partial charge is 0.456 e. The summed E-state index contributed by atoms with van der Waals surface area (Å²) in [5.74, 6) is 1.15. The number of ether oxygens (including phenoxy) is 1. The minimum Gasteiger partial charge on any atom is -0.456 e. The number of fused-ring (bicyclic) bond motifs is 1. The number of urea groups is 1. The van der Waals surface area contributed by atoms with Crippen LogP contribution in [-0.4, -0.2) is 44.5 Å². The molecule has 1 fully saturated rings. The van der Waals surface area contributed by atoms with E-state index in [2.05, 4.69) is 9.97 Å². The van der Waals surface area contributed by atoms with Crippen molar-refractivity contribution in [1.29, 1.82) is 0 Å². The number of aromatic nitrogens is 3. The number of benzene rings is 2. The summed E-state index contributed by atoms with van der Waals surface area (Å²) in [6.45, 7) is 0.875. The molecule has 0 spiro atoms. The van der Waals surface area contributed by atoms with Gasteiger partial charge in [-0.3, -0.25) is 19.6 Å². The van der Waals surface area contributed by atoms with Gasteiger partial charge >= 0.3 is 6.03 Å². The molecule has 0 N–H and O–H groups in total. The number of hydrogen-bond acceptors (Lipinski definition) is 6. The van der Waals surface area contributed by atoms with Crippen LogP contribution in [0, 0.1) is 0 Å². The summed E-state index contributed by atoms with van der Waals surface area (Å²) in [6.07, 6.45) is 5.62. The molecule has 1 aliphatic rings. The van der Waals surface area contributed by atoms with Gasteiger partial charge in [0, 0.05) is 44.3 Å². The molecule has 8 nitrogen and oxygen atoms in total. The van der Waals surface area contributed by atoms with Crippen molar-refractivity contribution in [3.8, 4) is 22.1 Å². The molecular weight excluding hydrogens is 486 g/mol. The zero-order valence-electron chi connectivity index (χ0n) is 20.1. The van der Waals surface area contributed by atoms with E-state index < -0.39 is 0 Å². The van der Waals surface area contributed by atoms with E-state index in [0.717, 1.165) is 32.0 Å². The van der Waals surface area contributed by atoms with Gasteiger partial charge in [0.1, 0.15) is 11.5 Å². The van der Waals surface area contributed by atoms with Crippen molar-refractivity contribution in [3.05, 3.63) is 91.0 Å². The van der Waals surface area contributed by atoms with E-state index in [4.69, 9.17) is 4.74 Å². The molecule has 37 heavy (non-hydrogen) atoms. The Morgan fingerprint density at radius 2 is 1.84 bits per heavy atom. The Kier molecular flexibility index (Phi) is 5.90. The topological polar surface area (TPSA) is 80.6 Å². The molecule has 1 saturated heterocycles. The Hall–Kier alpha value is -4.50. The van der Waals surface area contributed by atoms with Crippen molar-refractivity contribution in [1.82, 2.24) is 19.4 Å². The number of pyridine rings is 1. The lowest BCUT2D eigenvalue weighted by atomic mass is 10.1. The predicted molar refractivity (Wildman–Crippen MR) is 143 cm³/mol. The summed E-state index contributed by atoms with van der Waals surface area (Å²) >= 11 is 1.58. The molecule has 1 aliphatic heterocycles. The standard InChI is InChI=1S/C28H23N5O3S/c1-31-17-23(30-18-31)25-16-22-27(37-25)24(11-12-29-22)36-21-9-7-19(8-10-21)15-26(34)33-14-13-32(28(33)35)20-5-3-2-4-6-20/h2-12,16-18H,13-15H2,1H3. The molecule has 0 unspecified atom stereocenters. The smallest absolute Gasteiger partial charge is 0.331 e. The van der Waals surface area contributed by atoms with Gasteiger partial charge in [-0.25, -0.2) is 9.78 Å². The number of anilines is 1. The van der Waals surface area contributed by atoms with Crippen LogP contribution in [-0.2, 0) is 18.3 Å². The van der Waals surface area contributed by atoms with Crippen LogP contribution in [0.4, 0.5) is 10.5 Å². The van der Waals surface area contributed by atoms with Crippen molar-refractivity contribution in [2.75, 3.05) is 18.0 Å². The maximum absolute atomic E-state index is 12.9. The van der Waals surface area contributed by atoms with E-state index in [1.807, 2.05) is 84.5 Å². The maximum atomic E-state index is 12.9. The van der Waals surface area contributed by atoms with Crippen molar-refractivity contribution in [3.63, 3.8) is 0 Å². The number of imidazole rings is 1. The number of nitrogens with zero attached hydrogens (tertiary/aromatic N) is 5. The monoisotopic (exact) mass is 509 g/mol. The molecule has 4 heterocycles. The number of carbonyl (C=O) groups excluding carboxylic acids is 2. The fourth-order valence-electron chi connectivity index (χ4n) is 4.35. The van der Waals surface area contributed by atoms with E-state index in [1.165, 1.54) is 4.90 Å². The molecule has 2 aromatic carbocycles. The average molecular weight is 510 g/mol. The highest BCUT2D eigenvalue weighted by molar-refractivity contribution is 7.22. The summed E-state index contributed by atoms with van der Waals surface area (Å²) < 4.78 is 9.03. The van der Waals surface area contributed by atoms with Crippen LogP contribution in [0.15, 0.2) is 85.5 Å². The molecule has 184 valence electrons. The number of carbonyl (C=O) groups is 2. The van der Waals surface area contributed by atoms with Gasteiger partial charge in [-0.15, -0.1) is 11.3 Å². The lowest BCUT2D eigenvalue weighted by molar-refractivity contribution is -0.126. The fraction of sp³-hybridized carbons (Fsp3) is 0.143. The summed E-state index contributed by atoms with van der Waals surface area (Å²) in [4.78, 5) is 38.6. The average Bonchev–Trinajstić information content (AvgIpc) is 3.64. The SMILES string of the molecule is Cn1cnc(-c2cc3nccc(Oc4ccc(CC(=O)N5CCN(c6ccccc6)C5=O)cc4)c3s2)c1. The Morgan fingerprint density at radius 3 is 2.59 bits per heavy atom. The van der Waals surface area contributed by atoms with Crippen molar-refractivity contribution in [2.45, 2.75) is 6.42 Å². The van der Waals surface area contributed by atoms with Gasteiger partial charge in [-0.05, 0) is 35.9 Å². The van der Waals surface area contributed by atoms with Crippen LogP contribution < -0.4 is 9.64 Å². The highest BCUT2D eigenvalue weighted by Crippen LogP contribution is 2.38. The Bertz CT molecular complexity index is 1590. The molecule has 0 aliphatic carbocycles. The molecule has 0 saturated carbocycles. The summed E-state index contributed by atoms with van der Waals surface area (Å²) in [6, 6.07) is 20.4. The van der Waals surface area contributed by atoms with Crippen LogP contribution in [0.25, 0.3) is 20.8 Å². The van der Waals surface area contributed by atoms with Gasteiger partial charge in [-0.1, -0.05) is 30.3 Å². The molecule has 6 rings (SSSR count). The lowest BCUT2D eigenvalue weighted by Gasteiger charge is -2.17. The number of rotatable bonds is 6. The summed E-state index contributed by atoms with van der Waals surface area (Å²) in [7, 11) is 1.94. The predicted octanol–water partition coefficient (Wildman–Crippen LogP) is 5.50. The zero-order valence-corrected chi connectivity index (χ0v) is 20.9. The van der Waals surface area contributed by atoms with Crippen molar-refractivity contribution in [2.24, 2.45) is 7.05 Å². The molecule has 9 heteroatoms. The van der Waals surface area contributed by atoms with Crippen LogP contribution in [0.2, 0.25) is 0 Å². The number of imide groups is 1.